The van der Waals surface area contributed by atoms with Crippen LogP contribution in [0.4, 0.5) is 36.4 Å². The Hall–Kier alpha value is -4.89. The maximum Gasteiger partial charge on any atom is 0.435 e. The molecular weight excluding hydrogens is 649 g/mol. The Morgan fingerprint density at radius 1 is 0.867 bits per heavy atom. The van der Waals surface area contributed by atoms with Gasteiger partial charge < -0.3 is 5.32 Å². The number of benzene rings is 3. The lowest BCUT2D eigenvalue weighted by Gasteiger charge is -2.14. The van der Waals surface area contributed by atoms with Gasteiger partial charge in [0, 0.05) is 16.8 Å². The van der Waals surface area contributed by atoms with Gasteiger partial charge in [0.2, 0.25) is 0 Å². The van der Waals surface area contributed by atoms with Crippen LogP contribution in [0.3, 0.4) is 0 Å². The van der Waals surface area contributed by atoms with Crippen LogP contribution in [0.15, 0.2) is 78.4 Å². The van der Waals surface area contributed by atoms with E-state index in [1.54, 1.807) is 24.3 Å². The fourth-order valence-electron chi connectivity index (χ4n) is 4.62. The molecule has 0 unspecified atom stereocenters. The highest BCUT2D eigenvalue weighted by atomic mass is 35.5. The molecule has 0 bridgehead atoms. The first-order valence-corrected chi connectivity index (χ1v) is 13.9. The Kier molecular flexibility index (Phi) is 7.53. The summed E-state index contributed by atoms with van der Waals surface area (Å²) in [5.74, 6) is -2.25. The Morgan fingerprint density at radius 2 is 1.62 bits per heavy atom. The number of rotatable bonds is 5. The van der Waals surface area contributed by atoms with Gasteiger partial charge in [0.25, 0.3) is 5.91 Å². The van der Waals surface area contributed by atoms with Crippen molar-refractivity contribution in [1.82, 2.24) is 25.0 Å². The molecule has 3 aromatic heterocycles. The molecule has 7 nitrogen and oxygen atoms in total. The van der Waals surface area contributed by atoms with E-state index in [1.165, 1.54) is 29.8 Å². The van der Waals surface area contributed by atoms with Crippen LogP contribution in [0.25, 0.3) is 38.3 Å². The van der Waals surface area contributed by atoms with E-state index >= 15 is 4.39 Å². The Balaban J connectivity index is 1.34. The zero-order valence-electron chi connectivity index (χ0n) is 22.1. The normalized spacial score (nSPS) is 12.1. The first kappa shape index (κ1) is 30.1. The number of hydrogen-bond donors (Lipinski definition) is 1. The average molecular weight is 663 g/mol. The molecule has 0 aliphatic heterocycles. The highest BCUT2D eigenvalue weighted by molar-refractivity contribution is 7.17. The van der Waals surface area contributed by atoms with E-state index in [9.17, 15) is 31.1 Å². The summed E-state index contributed by atoms with van der Waals surface area (Å²) >= 11 is 7.32. The number of halogens is 8. The van der Waals surface area contributed by atoms with Crippen molar-refractivity contribution in [2.75, 3.05) is 5.32 Å². The van der Waals surface area contributed by atoms with Crippen molar-refractivity contribution in [2.24, 2.45) is 0 Å². The van der Waals surface area contributed by atoms with Crippen LogP contribution in [0.5, 0.6) is 0 Å². The van der Waals surface area contributed by atoms with Crippen molar-refractivity contribution >= 4 is 44.7 Å². The van der Waals surface area contributed by atoms with Crippen LogP contribution >= 0.6 is 22.9 Å². The van der Waals surface area contributed by atoms with Crippen molar-refractivity contribution in [3.05, 3.63) is 106 Å². The highest BCUT2D eigenvalue weighted by Gasteiger charge is 2.43. The molecule has 45 heavy (non-hydrogen) atoms. The van der Waals surface area contributed by atoms with E-state index in [2.05, 4.69) is 25.6 Å². The lowest BCUT2D eigenvalue weighted by atomic mass is 9.96. The van der Waals surface area contributed by atoms with Crippen LogP contribution < -0.4 is 5.32 Å². The average Bonchev–Trinajstić information content (AvgIpc) is 3.65. The van der Waals surface area contributed by atoms with E-state index in [1.807, 2.05) is 11.4 Å². The summed E-state index contributed by atoms with van der Waals surface area (Å²) in [6.45, 7) is 0. The Morgan fingerprint density at radius 3 is 2.33 bits per heavy atom. The molecule has 6 rings (SSSR count). The number of thiophene rings is 1. The Bertz CT molecular complexity index is 2090. The molecule has 6 aromatic rings. The largest absolute Gasteiger partial charge is 0.435 e. The van der Waals surface area contributed by atoms with Crippen LogP contribution in [0, 0.1) is 5.82 Å². The minimum absolute atomic E-state index is 0.00476. The number of carbonyl (C=O) groups is 1. The second-order valence-corrected chi connectivity index (χ2v) is 10.7. The lowest BCUT2D eigenvalue weighted by Crippen LogP contribution is -2.21. The molecule has 0 radical (unpaired) electrons. The number of aromatic nitrogens is 5. The van der Waals surface area contributed by atoms with E-state index in [0.717, 1.165) is 16.8 Å². The standard InChI is InChI=1S/C29H14ClF7N6OS/c30-19-8-5-14(28(32,33)34)11-22(19)43-26(29(35,36)37)24(41-42-43)27(44)40-15-6-7-17(20(31)12-15)16-3-1-2-4-18(16)23-25-21(9-10-45-25)38-13-39-23/h1-13H,(H,40,44). The number of fused-ring (bicyclic) bond motifs is 1. The molecule has 228 valence electrons. The summed E-state index contributed by atoms with van der Waals surface area (Å²) in [6.07, 6.45) is -8.82. The number of carbonyl (C=O) groups excluding carboxylic acids is 1. The van der Waals surface area contributed by atoms with Crippen LogP contribution in [-0.4, -0.2) is 30.9 Å². The van der Waals surface area contributed by atoms with Crippen molar-refractivity contribution in [1.29, 1.82) is 0 Å². The van der Waals surface area contributed by atoms with Crippen LogP contribution in [0.2, 0.25) is 5.02 Å². The summed E-state index contributed by atoms with van der Waals surface area (Å²) in [6, 6.07) is 13.9. The molecule has 1 amide bonds. The molecule has 0 aliphatic carbocycles. The molecule has 0 atom stereocenters. The fourth-order valence-corrected chi connectivity index (χ4v) is 5.66. The number of hydrogen-bond acceptors (Lipinski definition) is 6. The minimum Gasteiger partial charge on any atom is -0.320 e. The third kappa shape index (κ3) is 5.71. The maximum atomic E-state index is 15.5. The van der Waals surface area contributed by atoms with Gasteiger partial charge >= 0.3 is 12.4 Å². The van der Waals surface area contributed by atoms with Crippen molar-refractivity contribution in [3.8, 4) is 28.1 Å². The molecular formula is C29H14ClF7N6OS. The first-order valence-electron chi connectivity index (χ1n) is 12.6. The third-order valence-corrected chi connectivity index (χ3v) is 7.83. The van der Waals surface area contributed by atoms with Gasteiger partial charge in [-0.15, -0.1) is 16.4 Å². The summed E-state index contributed by atoms with van der Waals surface area (Å²) in [5.41, 5.74) is -2.91. The quantitative estimate of drug-likeness (QED) is 0.187. The first-order chi connectivity index (χ1) is 21.3. The lowest BCUT2D eigenvalue weighted by molar-refractivity contribution is -0.143. The van der Waals surface area contributed by atoms with Gasteiger partial charge in [-0.1, -0.05) is 41.1 Å². The summed E-state index contributed by atoms with van der Waals surface area (Å²) in [4.78, 5) is 21.6. The minimum atomic E-state index is -5.30. The smallest absolute Gasteiger partial charge is 0.320 e. The van der Waals surface area contributed by atoms with Crippen molar-refractivity contribution in [2.45, 2.75) is 12.4 Å². The van der Waals surface area contributed by atoms with Crippen molar-refractivity contribution in [3.63, 3.8) is 0 Å². The zero-order chi connectivity index (χ0) is 32.1. The van der Waals surface area contributed by atoms with E-state index < -0.39 is 51.7 Å². The van der Waals surface area contributed by atoms with Gasteiger partial charge in [-0.25, -0.2) is 19.0 Å². The maximum absolute atomic E-state index is 15.5. The monoisotopic (exact) mass is 662 g/mol. The molecule has 16 heteroatoms. The number of anilines is 1. The molecule has 0 spiro atoms. The number of alkyl halides is 6. The molecule has 0 saturated carbocycles. The number of amides is 1. The van der Waals surface area contributed by atoms with Crippen molar-refractivity contribution < 1.29 is 35.5 Å². The van der Waals surface area contributed by atoms with E-state index in [0.29, 0.717) is 34.5 Å². The molecule has 0 saturated heterocycles. The van der Waals surface area contributed by atoms with Gasteiger partial charge in [0.05, 0.1) is 32.2 Å². The molecule has 0 aliphatic rings. The molecule has 1 N–H and O–H groups in total. The summed E-state index contributed by atoms with van der Waals surface area (Å²) < 4.78 is 98.4. The second-order valence-electron chi connectivity index (χ2n) is 9.41. The van der Waals surface area contributed by atoms with Gasteiger partial charge in [-0.2, -0.15) is 26.3 Å². The molecule has 3 aromatic carbocycles. The number of nitrogens with zero attached hydrogens (tertiary/aromatic N) is 5. The topological polar surface area (TPSA) is 85.6 Å². The SMILES string of the molecule is O=C(Nc1ccc(-c2ccccc2-c2ncnc3ccsc23)c(F)c1)c1nnn(-c2cc(C(F)(F)F)ccc2Cl)c1C(F)(F)F. The molecule has 0 fully saturated rings. The summed E-state index contributed by atoms with van der Waals surface area (Å²) in [5, 5.41) is 10.0. The van der Waals surface area contributed by atoms with Gasteiger partial charge in [0.1, 0.15) is 12.1 Å². The molecule has 3 heterocycles. The van der Waals surface area contributed by atoms with Gasteiger partial charge in [-0.3, -0.25) is 4.79 Å². The summed E-state index contributed by atoms with van der Waals surface area (Å²) in [7, 11) is 0. The van der Waals surface area contributed by atoms with Crippen LogP contribution in [-0.2, 0) is 12.4 Å². The predicted molar refractivity (Wildman–Crippen MR) is 153 cm³/mol. The third-order valence-electron chi connectivity index (χ3n) is 6.60. The highest BCUT2D eigenvalue weighted by Crippen LogP contribution is 2.39. The zero-order valence-corrected chi connectivity index (χ0v) is 23.7. The van der Waals surface area contributed by atoms with Crippen LogP contribution in [0.1, 0.15) is 21.7 Å². The Labute approximate surface area is 256 Å². The van der Waals surface area contributed by atoms with Gasteiger partial charge in [0.15, 0.2) is 11.4 Å². The second kappa shape index (κ2) is 11.2. The van der Waals surface area contributed by atoms with Gasteiger partial charge in [-0.05, 0) is 53.4 Å². The predicted octanol–water partition coefficient (Wildman–Crippen LogP) is 8.69. The fraction of sp³-hybridized carbons (Fsp3) is 0.0690. The van der Waals surface area contributed by atoms with E-state index in [-0.39, 0.29) is 15.9 Å². The number of nitrogens with one attached hydrogen (secondary N) is 1. The van der Waals surface area contributed by atoms with E-state index in [4.69, 9.17) is 11.6 Å².